The van der Waals surface area contributed by atoms with Gasteiger partial charge in [0.15, 0.2) is 0 Å². The van der Waals surface area contributed by atoms with Crippen molar-refractivity contribution in [3.63, 3.8) is 0 Å². The smallest absolute Gasteiger partial charge is 0.321 e. The summed E-state index contributed by atoms with van der Waals surface area (Å²) >= 11 is 0. The Morgan fingerprint density at radius 3 is 2.47 bits per heavy atom. The van der Waals surface area contributed by atoms with Gasteiger partial charge in [-0.05, 0) is 37.6 Å². The van der Waals surface area contributed by atoms with Gasteiger partial charge >= 0.3 is 6.03 Å². The number of hydrogen-bond donors (Lipinski definition) is 2. The van der Waals surface area contributed by atoms with E-state index in [1.807, 2.05) is 44.1 Å². The Kier molecular flexibility index (Phi) is 5.18. The topological polar surface area (TPSA) is 55.8 Å². The number of benzene rings is 1. The molecule has 19 heavy (non-hydrogen) atoms. The predicted molar refractivity (Wildman–Crippen MR) is 78.8 cm³/mol. The Morgan fingerprint density at radius 1 is 1.37 bits per heavy atom. The van der Waals surface area contributed by atoms with Gasteiger partial charge in [-0.2, -0.15) is 0 Å². The fourth-order valence-corrected chi connectivity index (χ4v) is 1.77. The Bertz CT molecular complexity index is 446. The van der Waals surface area contributed by atoms with Gasteiger partial charge in [-0.25, -0.2) is 4.79 Å². The van der Waals surface area contributed by atoms with Crippen LogP contribution in [0.5, 0.6) is 0 Å². The van der Waals surface area contributed by atoms with E-state index in [0.717, 1.165) is 16.9 Å². The van der Waals surface area contributed by atoms with Gasteiger partial charge < -0.3 is 20.2 Å². The minimum atomic E-state index is -0.224. The molecule has 1 atom stereocenters. The number of hydrogen-bond acceptors (Lipinski definition) is 3. The molecule has 1 rings (SSSR count). The number of amides is 2. The maximum absolute atomic E-state index is 11.9. The van der Waals surface area contributed by atoms with Crippen molar-refractivity contribution in [2.75, 3.05) is 38.0 Å². The van der Waals surface area contributed by atoms with E-state index in [1.165, 1.54) is 4.90 Å². The second-order valence-electron chi connectivity index (χ2n) is 4.97. The van der Waals surface area contributed by atoms with Crippen molar-refractivity contribution in [1.82, 2.24) is 4.90 Å². The summed E-state index contributed by atoms with van der Waals surface area (Å²) < 4.78 is 0. The summed E-state index contributed by atoms with van der Waals surface area (Å²) in [5, 5.41) is 11.9. The molecule has 0 radical (unpaired) electrons. The number of anilines is 2. The lowest BCUT2D eigenvalue weighted by Gasteiger charge is -2.24. The molecular formula is C14H23N3O2. The van der Waals surface area contributed by atoms with E-state index >= 15 is 0 Å². The number of nitrogens with zero attached hydrogens (tertiary/aromatic N) is 2. The molecule has 0 aliphatic rings. The van der Waals surface area contributed by atoms with Crippen LogP contribution in [0.15, 0.2) is 18.2 Å². The molecule has 0 aliphatic carbocycles. The number of likely N-dealkylation sites (N-methyl/N-ethyl adjacent to an activating group) is 1. The molecule has 2 amide bonds. The molecule has 0 heterocycles. The number of urea groups is 1. The average Bonchev–Trinajstić information content (AvgIpc) is 2.36. The molecule has 0 aromatic heterocycles. The highest BCUT2D eigenvalue weighted by molar-refractivity contribution is 5.89. The van der Waals surface area contributed by atoms with E-state index in [-0.39, 0.29) is 18.7 Å². The van der Waals surface area contributed by atoms with Crippen LogP contribution in [-0.4, -0.2) is 49.8 Å². The van der Waals surface area contributed by atoms with Crippen LogP contribution in [0.1, 0.15) is 12.5 Å². The van der Waals surface area contributed by atoms with Gasteiger partial charge in [-0.3, -0.25) is 0 Å². The second kappa shape index (κ2) is 6.43. The van der Waals surface area contributed by atoms with Crippen molar-refractivity contribution in [2.45, 2.75) is 19.9 Å². The van der Waals surface area contributed by atoms with Crippen molar-refractivity contribution in [2.24, 2.45) is 0 Å². The lowest BCUT2D eigenvalue weighted by Crippen LogP contribution is -2.40. The van der Waals surface area contributed by atoms with Crippen LogP contribution in [0.25, 0.3) is 0 Å². The van der Waals surface area contributed by atoms with Crippen LogP contribution in [0.4, 0.5) is 16.2 Å². The normalized spacial score (nSPS) is 11.9. The number of carbonyl (C=O) groups is 1. The molecule has 0 bridgehead atoms. The molecular weight excluding hydrogens is 242 g/mol. The van der Waals surface area contributed by atoms with Crippen LogP contribution < -0.4 is 10.2 Å². The van der Waals surface area contributed by atoms with E-state index < -0.39 is 0 Å². The fraction of sp³-hybridized carbons (Fsp3) is 0.500. The first-order valence-corrected chi connectivity index (χ1v) is 6.29. The summed E-state index contributed by atoms with van der Waals surface area (Å²) in [6.07, 6.45) is 0. The van der Waals surface area contributed by atoms with E-state index in [0.29, 0.717) is 0 Å². The van der Waals surface area contributed by atoms with Crippen LogP contribution in [0.3, 0.4) is 0 Å². The summed E-state index contributed by atoms with van der Waals surface area (Å²) in [7, 11) is 5.63. The largest absolute Gasteiger partial charge is 0.394 e. The fourth-order valence-electron chi connectivity index (χ4n) is 1.77. The minimum absolute atomic E-state index is 0.0531. The van der Waals surface area contributed by atoms with Crippen molar-refractivity contribution in [1.29, 1.82) is 0 Å². The third kappa shape index (κ3) is 3.86. The van der Waals surface area contributed by atoms with Crippen molar-refractivity contribution in [3.8, 4) is 0 Å². The van der Waals surface area contributed by atoms with Crippen LogP contribution in [0.2, 0.25) is 0 Å². The molecule has 5 nitrogen and oxygen atoms in total. The number of nitrogens with one attached hydrogen (secondary N) is 1. The molecule has 1 aromatic rings. The average molecular weight is 265 g/mol. The standard InChI is InChI=1S/C14H23N3O2/c1-10-8-12(6-7-13(10)16(3)4)15-14(19)17(5)11(2)9-18/h6-8,11,18H,9H2,1-5H3,(H,15,19). The van der Waals surface area contributed by atoms with Crippen molar-refractivity contribution < 1.29 is 9.90 Å². The van der Waals surface area contributed by atoms with Crippen LogP contribution in [-0.2, 0) is 0 Å². The predicted octanol–water partition coefficient (Wildman–Crippen LogP) is 1.91. The van der Waals surface area contributed by atoms with Crippen molar-refractivity contribution in [3.05, 3.63) is 23.8 Å². The van der Waals surface area contributed by atoms with Crippen LogP contribution >= 0.6 is 0 Å². The van der Waals surface area contributed by atoms with Gasteiger partial charge in [0.1, 0.15) is 0 Å². The zero-order valence-corrected chi connectivity index (χ0v) is 12.3. The van der Waals surface area contributed by atoms with E-state index in [9.17, 15) is 4.79 Å². The lowest BCUT2D eigenvalue weighted by atomic mass is 10.1. The summed E-state index contributed by atoms with van der Waals surface area (Å²) in [5.74, 6) is 0. The van der Waals surface area contributed by atoms with E-state index in [2.05, 4.69) is 5.32 Å². The second-order valence-corrected chi connectivity index (χ2v) is 4.97. The first-order chi connectivity index (χ1) is 8.86. The molecule has 0 spiro atoms. The van der Waals surface area contributed by atoms with Gasteiger partial charge in [0.25, 0.3) is 0 Å². The van der Waals surface area contributed by atoms with Crippen LogP contribution in [0, 0.1) is 6.92 Å². The zero-order chi connectivity index (χ0) is 14.6. The summed E-state index contributed by atoms with van der Waals surface area (Å²) in [6, 6.07) is 5.35. The molecule has 0 saturated carbocycles. The Labute approximate surface area is 114 Å². The SMILES string of the molecule is Cc1cc(NC(=O)N(C)C(C)CO)ccc1N(C)C. The zero-order valence-electron chi connectivity index (χ0n) is 12.3. The molecule has 5 heteroatoms. The Morgan fingerprint density at radius 2 is 2.00 bits per heavy atom. The molecule has 0 saturated heterocycles. The number of aryl methyl sites for hydroxylation is 1. The minimum Gasteiger partial charge on any atom is -0.394 e. The highest BCUT2D eigenvalue weighted by Gasteiger charge is 2.15. The first-order valence-electron chi connectivity index (χ1n) is 6.29. The summed E-state index contributed by atoms with van der Waals surface area (Å²) in [4.78, 5) is 15.4. The highest BCUT2D eigenvalue weighted by Crippen LogP contribution is 2.22. The molecule has 1 aromatic carbocycles. The highest BCUT2D eigenvalue weighted by atomic mass is 16.3. The maximum atomic E-state index is 11.9. The monoisotopic (exact) mass is 265 g/mol. The van der Waals surface area contributed by atoms with E-state index in [4.69, 9.17) is 5.11 Å². The quantitative estimate of drug-likeness (QED) is 0.874. The van der Waals surface area contributed by atoms with Crippen molar-refractivity contribution >= 4 is 17.4 Å². The third-order valence-electron chi connectivity index (χ3n) is 3.18. The van der Waals surface area contributed by atoms with Gasteiger partial charge in [-0.15, -0.1) is 0 Å². The number of carbonyl (C=O) groups excluding carboxylic acids is 1. The molecule has 0 fully saturated rings. The van der Waals surface area contributed by atoms with Gasteiger partial charge in [0.2, 0.25) is 0 Å². The molecule has 106 valence electrons. The lowest BCUT2D eigenvalue weighted by molar-refractivity contribution is 0.166. The molecule has 1 unspecified atom stereocenters. The van der Waals surface area contributed by atoms with Gasteiger partial charge in [0.05, 0.1) is 12.6 Å². The maximum Gasteiger partial charge on any atom is 0.321 e. The Hall–Kier alpha value is -1.75. The summed E-state index contributed by atoms with van der Waals surface area (Å²) in [5.41, 5.74) is 2.97. The number of aliphatic hydroxyl groups is 1. The third-order valence-corrected chi connectivity index (χ3v) is 3.18. The number of rotatable bonds is 4. The number of aliphatic hydroxyl groups excluding tert-OH is 1. The summed E-state index contributed by atoms with van der Waals surface area (Å²) in [6.45, 7) is 3.74. The molecule has 0 aliphatic heterocycles. The van der Waals surface area contributed by atoms with E-state index in [1.54, 1.807) is 14.0 Å². The Balaban J connectivity index is 2.78. The van der Waals surface area contributed by atoms with Gasteiger partial charge in [0, 0.05) is 32.5 Å². The molecule has 2 N–H and O–H groups in total. The first kappa shape index (κ1) is 15.3. The van der Waals surface area contributed by atoms with Gasteiger partial charge in [-0.1, -0.05) is 0 Å².